The van der Waals surface area contributed by atoms with Crippen LogP contribution < -0.4 is 4.74 Å². The van der Waals surface area contributed by atoms with Gasteiger partial charge in [-0.15, -0.1) is 0 Å². The van der Waals surface area contributed by atoms with Gasteiger partial charge in [-0.1, -0.05) is 0 Å². The zero-order valence-corrected chi connectivity index (χ0v) is 11.7. The summed E-state index contributed by atoms with van der Waals surface area (Å²) in [5.41, 5.74) is 3.49. The third-order valence-corrected chi connectivity index (χ3v) is 3.10. The molecule has 0 N–H and O–H groups in total. The van der Waals surface area contributed by atoms with E-state index in [4.69, 9.17) is 4.74 Å². The van der Waals surface area contributed by atoms with Gasteiger partial charge in [-0.05, 0) is 44.0 Å². The van der Waals surface area contributed by atoms with Crippen LogP contribution in [0.3, 0.4) is 0 Å². The number of hydrogen-bond donors (Lipinski definition) is 0. The molecule has 0 aliphatic carbocycles. The lowest BCUT2D eigenvalue weighted by Crippen LogP contribution is -1.99. The van der Waals surface area contributed by atoms with E-state index in [0.29, 0.717) is 17.4 Å². The molecular formula is C15H18N2O2. The molecule has 0 amide bonds. The van der Waals surface area contributed by atoms with Crippen LogP contribution in [0.4, 0.5) is 0 Å². The molecule has 19 heavy (non-hydrogen) atoms. The summed E-state index contributed by atoms with van der Waals surface area (Å²) in [6, 6.07) is 4.16. The van der Waals surface area contributed by atoms with Crippen LogP contribution in [0.1, 0.15) is 35.8 Å². The minimum absolute atomic E-state index is 0.318. The van der Waals surface area contributed by atoms with Crippen LogP contribution in [-0.2, 0) is 0 Å². The van der Waals surface area contributed by atoms with E-state index in [-0.39, 0.29) is 0 Å². The van der Waals surface area contributed by atoms with Crippen molar-refractivity contribution in [3.05, 3.63) is 35.7 Å². The van der Waals surface area contributed by atoms with Gasteiger partial charge in [0, 0.05) is 17.8 Å². The molecule has 1 heterocycles. The van der Waals surface area contributed by atoms with Crippen LogP contribution in [-0.4, -0.2) is 23.2 Å². The van der Waals surface area contributed by atoms with Crippen molar-refractivity contribution in [3.8, 4) is 16.9 Å². The number of rotatable bonds is 4. The van der Waals surface area contributed by atoms with Crippen molar-refractivity contribution in [2.24, 2.45) is 0 Å². The maximum atomic E-state index is 11.1. The van der Waals surface area contributed by atoms with Crippen molar-refractivity contribution in [1.29, 1.82) is 0 Å². The van der Waals surface area contributed by atoms with Gasteiger partial charge in [-0.25, -0.2) is 0 Å². The topological polar surface area (TPSA) is 44.1 Å². The average Bonchev–Trinajstić information content (AvgIpc) is 2.87. The first kappa shape index (κ1) is 13.3. The number of ether oxygens (including phenoxy) is 1. The zero-order valence-electron chi connectivity index (χ0n) is 11.7. The second-order valence-electron chi connectivity index (χ2n) is 4.84. The van der Waals surface area contributed by atoms with E-state index in [0.717, 1.165) is 23.0 Å². The van der Waals surface area contributed by atoms with Crippen molar-refractivity contribution in [2.75, 3.05) is 7.11 Å². The van der Waals surface area contributed by atoms with Crippen molar-refractivity contribution in [3.63, 3.8) is 0 Å². The van der Waals surface area contributed by atoms with E-state index < -0.39 is 0 Å². The summed E-state index contributed by atoms with van der Waals surface area (Å²) >= 11 is 0. The summed E-state index contributed by atoms with van der Waals surface area (Å²) in [6.45, 7) is 6.09. The van der Waals surface area contributed by atoms with Crippen molar-refractivity contribution >= 4 is 6.29 Å². The maximum Gasteiger partial charge on any atom is 0.153 e. The van der Waals surface area contributed by atoms with E-state index in [1.165, 1.54) is 0 Å². The van der Waals surface area contributed by atoms with Crippen LogP contribution in [0.25, 0.3) is 11.1 Å². The molecule has 0 spiro atoms. The highest BCUT2D eigenvalue weighted by molar-refractivity contribution is 5.84. The van der Waals surface area contributed by atoms with Gasteiger partial charge >= 0.3 is 0 Å². The highest BCUT2D eigenvalue weighted by atomic mass is 16.5. The smallest absolute Gasteiger partial charge is 0.153 e. The highest BCUT2D eigenvalue weighted by Crippen LogP contribution is 2.29. The Bertz CT molecular complexity index is 600. The fourth-order valence-electron chi connectivity index (χ4n) is 2.10. The molecule has 2 rings (SSSR count). The van der Waals surface area contributed by atoms with Crippen LogP contribution in [0, 0.1) is 6.92 Å². The van der Waals surface area contributed by atoms with Crippen LogP contribution in [0.5, 0.6) is 5.75 Å². The highest BCUT2D eigenvalue weighted by Gasteiger charge is 2.11. The Morgan fingerprint density at radius 1 is 1.32 bits per heavy atom. The molecule has 0 aliphatic rings. The third kappa shape index (κ3) is 2.52. The van der Waals surface area contributed by atoms with Crippen LogP contribution in [0.15, 0.2) is 24.5 Å². The number of carbonyl (C=O) groups excluding carboxylic acids is 1. The van der Waals surface area contributed by atoms with Gasteiger partial charge in [-0.3, -0.25) is 9.48 Å². The summed E-state index contributed by atoms with van der Waals surface area (Å²) in [5.74, 6) is 0.634. The van der Waals surface area contributed by atoms with Crippen molar-refractivity contribution < 1.29 is 9.53 Å². The summed E-state index contributed by atoms with van der Waals surface area (Å²) in [6.07, 6.45) is 4.62. The Morgan fingerprint density at radius 3 is 2.58 bits per heavy atom. The zero-order chi connectivity index (χ0) is 14.0. The van der Waals surface area contributed by atoms with E-state index in [2.05, 4.69) is 18.9 Å². The number of aryl methyl sites for hydroxylation is 1. The second-order valence-corrected chi connectivity index (χ2v) is 4.84. The van der Waals surface area contributed by atoms with Crippen molar-refractivity contribution in [1.82, 2.24) is 9.78 Å². The van der Waals surface area contributed by atoms with Gasteiger partial charge in [0.2, 0.25) is 0 Å². The number of nitrogens with zero attached hydrogens (tertiary/aromatic N) is 2. The molecular weight excluding hydrogens is 240 g/mol. The molecule has 1 aromatic carbocycles. The largest absolute Gasteiger partial charge is 0.496 e. The second kappa shape index (κ2) is 5.26. The number of benzene rings is 1. The van der Waals surface area contributed by atoms with Gasteiger partial charge in [0.15, 0.2) is 6.29 Å². The monoisotopic (exact) mass is 258 g/mol. The Hall–Kier alpha value is -2.10. The number of aromatic nitrogens is 2. The molecule has 100 valence electrons. The minimum atomic E-state index is 0.318. The van der Waals surface area contributed by atoms with Crippen LogP contribution in [0.2, 0.25) is 0 Å². The lowest BCUT2D eigenvalue weighted by atomic mass is 10.0. The van der Waals surface area contributed by atoms with E-state index in [1.54, 1.807) is 7.11 Å². The molecule has 1 aromatic heterocycles. The molecule has 0 atom stereocenters. The Labute approximate surface area is 113 Å². The van der Waals surface area contributed by atoms with E-state index in [1.807, 2.05) is 36.1 Å². The SMILES string of the molecule is COc1c(C)cc(-c2cnn(C(C)C)c2)cc1C=O. The fourth-order valence-corrected chi connectivity index (χ4v) is 2.10. The molecule has 0 bridgehead atoms. The standard InChI is InChI=1S/C15H18N2O2/c1-10(2)17-8-14(7-16-17)12-5-11(3)15(19-4)13(6-12)9-18/h5-10H,1-4H3. The van der Waals surface area contributed by atoms with Gasteiger partial charge < -0.3 is 4.74 Å². The first-order chi connectivity index (χ1) is 9.06. The Morgan fingerprint density at radius 2 is 2.05 bits per heavy atom. The number of hydrogen-bond acceptors (Lipinski definition) is 3. The first-order valence-corrected chi connectivity index (χ1v) is 6.25. The summed E-state index contributed by atoms with van der Waals surface area (Å²) < 4.78 is 7.15. The van der Waals surface area contributed by atoms with E-state index in [9.17, 15) is 4.79 Å². The lowest BCUT2D eigenvalue weighted by Gasteiger charge is -2.09. The van der Waals surface area contributed by atoms with Gasteiger partial charge in [-0.2, -0.15) is 5.10 Å². The van der Waals surface area contributed by atoms with Crippen LogP contribution >= 0.6 is 0 Å². The molecule has 0 aliphatic heterocycles. The van der Waals surface area contributed by atoms with Gasteiger partial charge in [0.25, 0.3) is 0 Å². The molecule has 0 saturated heterocycles. The molecule has 0 saturated carbocycles. The van der Waals surface area contributed by atoms with E-state index >= 15 is 0 Å². The normalized spacial score (nSPS) is 10.8. The van der Waals surface area contributed by atoms with Gasteiger partial charge in [0.05, 0.1) is 18.9 Å². The molecule has 4 heteroatoms. The third-order valence-electron chi connectivity index (χ3n) is 3.10. The first-order valence-electron chi connectivity index (χ1n) is 6.25. The fraction of sp³-hybridized carbons (Fsp3) is 0.333. The number of methoxy groups -OCH3 is 1. The Kier molecular flexibility index (Phi) is 3.69. The minimum Gasteiger partial charge on any atom is -0.496 e. The number of aldehydes is 1. The van der Waals surface area contributed by atoms with Gasteiger partial charge in [0.1, 0.15) is 5.75 Å². The lowest BCUT2D eigenvalue weighted by molar-refractivity contribution is 0.112. The summed E-state index contributed by atoms with van der Waals surface area (Å²) in [5, 5.41) is 4.32. The maximum absolute atomic E-state index is 11.1. The average molecular weight is 258 g/mol. The predicted molar refractivity (Wildman–Crippen MR) is 74.7 cm³/mol. The summed E-state index contributed by atoms with van der Waals surface area (Å²) in [4.78, 5) is 11.1. The molecule has 0 radical (unpaired) electrons. The molecule has 0 unspecified atom stereocenters. The Balaban J connectivity index is 2.50. The molecule has 4 nitrogen and oxygen atoms in total. The molecule has 2 aromatic rings. The molecule has 0 fully saturated rings. The van der Waals surface area contributed by atoms with Crippen molar-refractivity contribution in [2.45, 2.75) is 26.8 Å². The summed E-state index contributed by atoms with van der Waals surface area (Å²) in [7, 11) is 1.58. The predicted octanol–water partition coefficient (Wildman–Crippen LogP) is 3.26. The number of carbonyl (C=O) groups is 1. The quantitative estimate of drug-likeness (QED) is 0.791.